The third-order valence-electron chi connectivity index (χ3n) is 4.04. The summed E-state index contributed by atoms with van der Waals surface area (Å²) in [5.41, 5.74) is 0.263. The minimum absolute atomic E-state index is 0.555. The van der Waals surface area contributed by atoms with Crippen LogP contribution in [0.1, 0.15) is 12.8 Å². The number of piperidine rings is 1. The van der Waals surface area contributed by atoms with Crippen molar-refractivity contribution in [3.63, 3.8) is 0 Å². The average Bonchev–Trinajstić information content (AvgIpc) is 2.55. The molecule has 1 aliphatic rings. The molecule has 5 heteroatoms. The Morgan fingerprint density at radius 2 is 2.23 bits per heavy atom. The molecule has 0 unspecified atom stereocenters. The first-order valence-electron chi connectivity index (χ1n) is 7.87. The highest BCUT2D eigenvalue weighted by Gasteiger charge is 2.28. The van der Waals surface area contributed by atoms with E-state index in [1.165, 1.54) is 0 Å². The van der Waals surface area contributed by atoms with Crippen LogP contribution in [0.2, 0.25) is 0 Å². The van der Waals surface area contributed by atoms with Crippen LogP contribution in [-0.2, 0) is 0 Å². The molecule has 0 amide bonds. The molecule has 0 radical (unpaired) electrons. The number of aliphatic hydroxyl groups is 1. The molecule has 3 rings (SSSR count). The number of rotatable bonds is 6. The maximum atomic E-state index is 10.4. The number of ether oxygens (including phenoxy) is 1. The molecule has 2 aromatic rings. The largest absolute Gasteiger partial charge is 0.490 e. The van der Waals surface area contributed by atoms with Crippen LogP contribution in [0, 0.1) is 0 Å². The monoisotopic (exact) mass is 301 g/mol. The van der Waals surface area contributed by atoms with E-state index in [2.05, 4.69) is 15.6 Å². The molecule has 1 fully saturated rings. The number of hydrogen-bond donors (Lipinski definition) is 3. The van der Waals surface area contributed by atoms with Gasteiger partial charge in [0.15, 0.2) is 0 Å². The normalized spacial score (nSPS) is 21.9. The second kappa shape index (κ2) is 7.05. The Labute approximate surface area is 130 Å². The first-order valence-corrected chi connectivity index (χ1v) is 7.87. The Kier molecular flexibility index (Phi) is 4.87. The summed E-state index contributed by atoms with van der Waals surface area (Å²) in [4.78, 5) is 4.37. The van der Waals surface area contributed by atoms with Gasteiger partial charge in [-0.05, 0) is 31.5 Å². The number of hydrogen-bond acceptors (Lipinski definition) is 5. The lowest BCUT2D eigenvalue weighted by molar-refractivity contribution is 0.0167. The van der Waals surface area contributed by atoms with Gasteiger partial charge >= 0.3 is 0 Å². The second-order valence-electron chi connectivity index (χ2n) is 5.86. The van der Waals surface area contributed by atoms with Crippen LogP contribution in [0.5, 0.6) is 5.75 Å². The molecule has 3 N–H and O–H groups in total. The Bertz CT molecular complexity index is 606. The first-order chi connectivity index (χ1) is 10.8. The van der Waals surface area contributed by atoms with Crippen LogP contribution in [0.3, 0.4) is 0 Å². The smallest absolute Gasteiger partial charge is 0.145 e. The molecule has 2 heterocycles. The van der Waals surface area contributed by atoms with Crippen LogP contribution in [0.15, 0.2) is 36.5 Å². The van der Waals surface area contributed by atoms with Gasteiger partial charge in [-0.1, -0.05) is 18.2 Å². The quantitative estimate of drug-likeness (QED) is 0.702. The summed E-state index contributed by atoms with van der Waals surface area (Å²) >= 11 is 0. The lowest BCUT2D eigenvalue weighted by Crippen LogP contribution is -2.52. The van der Waals surface area contributed by atoms with Crippen LogP contribution in [0.25, 0.3) is 10.9 Å². The fourth-order valence-electron chi connectivity index (χ4n) is 2.85. The van der Waals surface area contributed by atoms with Crippen LogP contribution >= 0.6 is 0 Å². The van der Waals surface area contributed by atoms with E-state index >= 15 is 0 Å². The van der Waals surface area contributed by atoms with E-state index in [1.54, 1.807) is 6.20 Å². The number of nitrogens with one attached hydrogen (secondary N) is 2. The predicted octanol–water partition coefficient (Wildman–Crippen LogP) is 1.32. The zero-order valence-corrected chi connectivity index (χ0v) is 12.7. The average molecular weight is 301 g/mol. The van der Waals surface area contributed by atoms with Crippen LogP contribution in [-0.4, -0.2) is 48.5 Å². The summed E-state index contributed by atoms with van der Waals surface area (Å²) in [6, 6.07) is 9.89. The standard InChI is InChI=1S/C17H23N3O2/c21-17(7-3-8-18-12-17)13-19-10-11-22-15-6-1-4-14-5-2-9-20-16(14)15/h1-2,4-6,9,18-19,21H,3,7-8,10-13H2/t17-/m0/s1. The predicted molar refractivity (Wildman–Crippen MR) is 87.2 cm³/mol. The zero-order chi connectivity index (χ0) is 15.3. The van der Waals surface area contributed by atoms with E-state index in [9.17, 15) is 5.11 Å². The first kappa shape index (κ1) is 15.2. The molecule has 1 aromatic heterocycles. The topological polar surface area (TPSA) is 66.4 Å². The number of nitrogens with zero attached hydrogens (tertiary/aromatic N) is 1. The summed E-state index contributed by atoms with van der Waals surface area (Å²) in [5.74, 6) is 0.804. The van der Waals surface area contributed by atoms with Gasteiger partial charge in [0, 0.05) is 31.2 Å². The van der Waals surface area contributed by atoms with Crippen molar-refractivity contribution in [2.24, 2.45) is 0 Å². The fraction of sp³-hybridized carbons (Fsp3) is 0.471. The molecule has 0 aliphatic carbocycles. The molecule has 0 spiro atoms. The lowest BCUT2D eigenvalue weighted by Gasteiger charge is -2.32. The Hall–Kier alpha value is -1.69. The van der Waals surface area contributed by atoms with Gasteiger partial charge in [-0.25, -0.2) is 0 Å². The minimum Gasteiger partial charge on any atom is -0.490 e. The van der Waals surface area contributed by atoms with Crippen molar-refractivity contribution in [1.82, 2.24) is 15.6 Å². The van der Waals surface area contributed by atoms with Gasteiger partial charge in [0.25, 0.3) is 0 Å². The van der Waals surface area contributed by atoms with E-state index in [4.69, 9.17) is 4.74 Å². The van der Waals surface area contributed by atoms with Crippen molar-refractivity contribution in [2.45, 2.75) is 18.4 Å². The number of β-amino-alcohol motifs (C(OH)–C–C–N with tert-alkyl or cyclic N) is 1. The fourth-order valence-corrected chi connectivity index (χ4v) is 2.85. The maximum absolute atomic E-state index is 10.4. The molecule has 1 atom stereocenters. The second-order valence-corrected chi connectivity index (χ2v) is 5.86. The molecule has 22 heavy (non-hydrogen) atoms. The molecule has 5 nitrogen and oxygen atoms in total. The lowest BCUT2D eigenvalue weighted by atomic mass is 9.94. The molecule has 118 valence electrons. The van der Waals surface area contributed by atoms with Gasteiger partial charge in [0.1, 0.15) is 17.9 Å². The number of para-hydroxylation sites is 1. The zero-order valence-electron chi connectivity index (χ0n) is 12.7. The summed E-state index contributed by atoms with van der Waals surface area (Å²) in [6.45, 7) is 3.51. The number of aromatic nitrogens is 1. The Morgan fingerprint density at radius 3 is 3.09 bits per heavy atom. The third kappa shape index (κ3) is 3.74. The summed E-state index contributed by atoms with van der Waals surface area (Å²) in [7, 11) is 0. The molecule has 1 saturated heterocycles. The number of pyridine rings is 1. The van der Waals surface area contributed by atoms with Gasteiger partial charge < -0.3 is 20.5 Å². The molecule has 1 aliphatic heterocycles. The highest BCUT2D eigenvalue weighted by molar-refractivity contribution is 5.84. The van der Waals surface area contributed by atoms with Crippen molar-refractivity contribution in [1.29, 1.82) is 0 Å². The van der Waals surface area contributed by atoms with E-state index in [-0.39, 0.29) is 0 Å². The van der Waals surface area contributed by atoms with E-state index in [0.29, 0.717) is 26.2 Å². The van der Waals surface area contributed by atoms with Crippen molar-refractivity contribution in [3.05, 3.63) is 36.5 Å². The SMILES string of the molecule is O[C@@]1(CNCCOc2cccc3cccnc23)CCCNC1. The van der Waals surface area contributed by atoms with Gasteiger partial charge in [-0.3, -0.25) is 4.98 Å². The molecule has 0 saturated carbocycles. The van der Waals surface area contributed by atoms with E-state index in [1.807, 2.05) is 30.3 Å². The van der Waals surface area contributed by atoms with Crippen molar-refractivity contribution in [3.8, 4) is 5.75 Å². The maximum Gasteiger partial charge on any atom is 0.145 e. The molecule has 1 aromatic carbocycles. The van der Waals surface area contributed by atoms with Crippen molar-refractivity contribution >= 4 is 10.9 Å². The van der Waals surface area contributed by atoms with E-state index < -0.39 is 5.60 Å². The molecule has 0 bridgehead atoms. The van der Waals surface area contributed by atoms with Crippen molar-refractivity contribution < 1.29 is 9.84 Å². The van der Waals surface area contributed by atoms with Crippen molar-refractivity contribution in [2.75, 3.05) is 32.8 Å². The highest BCUT2D eigenvalue weighted by Crippen LogP contribution is 2.22. The van der Waals surface area contributed by atoms with Crippen LogP contribution in [0.4, 0.5) is 0 Å². The van der Waals surface area contributed by atoms with Gasteiger partial charge in [0.05, 0.1) is 5.60 Å². The van der Waals surface area contributed by atoms with Crippen LogP contribution < -0.4 is 15.4 Å². The summed E-state index contributed by atoms with van der Waals surface area (Å²) in [5, 5.41) is 17.9. The minimum atomic E-state index is -0.626. The summed E-state index contributed by atoms with van der Waals surface area (Å²) < 4.78 is 5.82. The molecular weight excluding hydrogens is 278 g/mol. The third-order valence-corrected chi connectivity index (χ3v) is 4.04. The van der Waals surface area contributed by atoms with Gasteiger partial charge in [-0.2, -0.15) is 0 Å². The Balaban J connectivity index is 1.46. The number of fused-ring (bicyclic) bond motifs is 1. The number of benzene rings is 1. The summed E-state index contributed by atoms with van der Waals surface area (Å²) in [6.07, 6.45) is 3.65. The Morgan fingerprint density at radius 1 is 1.32 bits per heavy atom. The molecular formula is C17H23N3O2. The van der Waals surface area contributed by atoms with Gasteiger partial charge in [-0.15, -0.1) is 0 Å². The highest BCUT2D eigenvalue weighted by atomic mass is 16.5. The van der Waals surface area contributed by atoms with Gasteiger partial charge in [0.2, 0.25) is 0 Å². The van der Waals surface area contributed by atoms with E-state index in [0.717, 1.165) is 36.0 Å².